The SMILES string of the molecule is C=C(CC1=CCC(C(C)O)CC1)CC1CC(C(C)C)C2CC3(C)CC4(C)CC(C)=C(C(C)O)C(=O)C4(C)C(C)C3C(O)C2C1C. The largest absolute Gasteiger partial charge is 0.393 e. The van der Waals surface area contributed by atoms with Crippen LogP contribution in [0.2, 0.25) is 0 Å². The van der Waals surface area contributed by atoms with Crippen molar-refractivity contribution in [3.8, 4) is 0 Å². The molecule has 4 nitrogen and oxygen atoms in total. The van der Waals surface area contributed by atoms with E-state index in [0.717, 1.165) is 56.9 Å². The van der Waals surface area contributed by atoms with Gasteiger partial charge in [-0.1, -0.05) is 77.8 Å². The number of aliphatic hydroxyl groups excluding tert-OH is 3. The maximum Gasteiger partial charge on any atom is 0.168 e. The third-order valence-corrected chi connectivity index (χ3v) is 15.1. The highest BCUT2D eigenvalue weighted by Gasteiger charge is 2.69. The molecule has 4 heteroatoms. The zero-order chi connectivity index (χ0) is 33.4. The summed E-state index contributed by atoms with van der Waals surface area (Å²) in [6, 6.07) is 0. The molecule has 0 aromatic rings. The first kappa shape index (κ1) is 35.1. The van der Waals surface area contributed by atoms with Crippen LogP contribution in [-0.2, 0) is 4.79 Å². The smallest absolute Gasteiger partial charge is 0.168 e. The topological polar surface area (TPSA) is 77.8 Å². The maximum atomic E-state index is 14.4. The van der Waals surface area contributed by atoms with Gasteiger partial charge in [0, 0.05) is 11.0 Å². The Labute approximate surface area is 275 Å². The normalized spacial score (nSPS) is 46.6. The molecule has 5 aliphatic carbocycles. The molecule has 0 spiro atoms. The summed E-state index contributed by atoms with van der Waals surface area (Å²) in [5.74, 6) is 3.33. The van der Waals surface area contributed by atoms with Crippen LogP contribution in [0.5, 0.6) is 0 Å². The molecule has 14 unspecified atom stereocenters. The maximum absolute atomic E-state index is 14.4. The minimum atomic E-state index is -0.761. The van der Waals surface area contributed by atoms with E-state index in [1.807, 2.05) is 6.92 Å². The molecule has 0 aromatic carbocycles. The monoisotopic (exact) mass is 622 g/mol. The third-order valence-electron chi connectivity index (χ3n) is 15.1. The van der Waals surface area contributed by atoms with Crippen LogP contribution in [0.25, 0.3) is 0 Å². The molecule has 0 heterocycles. The molecule has 0 amide bonds. The summed E-state index contributed by atoms with van der Waals surface area (Å²) in [7, 11) is 0. The fourth-order valence-corrected chi connectivity index (χ4v) is 12.7. The number of hydrogen-bond acceptors (Lipinski definition) is 4. The Morgan fingerprint density at radius 1 is 1.11 bits per heavy atom. The fourth-order valence-electron chi connectivity index (χ4n) is 12.7. The van der Waals surface area contributed by atoms with Crippen molar-refractivity contribution in [2.75, 3.05) is 0 Å². The molecule has 3 N–H and O–H groups in total. The first-order valence-corrected chi connectivity index (χ1v) is 18.5. The zero-order valence-electron chi connectivity index (χ0n) is 30.3. The Balaban J connectivity index is 1.42. The van der Waals surface area contributed by atoms with Crippen LogP contribution in [0.4, 0.5) is 0 Å². The molecule has 5 aliphatic rings. The number of ketones is 1. The third kappa shape index (κ3) is 5.69. The van der Waals surface area contributed by atoms with Crippen molar-refractivity contribution in [3.05, 3.63) is 34.9 Å². The van der Waals surface area contributed by atoms with Gasteiger partial charge in [0.15, 0.2) is 5.78 Å². The van der Waals surface area contributed by atoms with Gasteiger partial charge in [-0.2, -0.15) is 0 Å². The Hall–Kier alpha value is -1.23. The highest BCUT2D eigenvalue weighted by Crippen LogP contribution is 2.72. The molecule has 0 bridgehead atoms. The average molecular weight is 623 g/mol. The molecular formula is C41H66O4. The van der Waals surface area contributed by atoms with Crippen molar-refractivity contribution < 1.29 is 20.1 Å². The minimum Gasteiger partial charge on any atom is -0.393 e. The molecule has 14 atom stereocenters. The van der Waals surface area contributed by atoms with E-state index in [9.17, 15) is 20.1 Å². The van der Waals surface area contributed by atoms with E-state index in [0.29, 0.717) is 41.1 Å². The van der Waals surface area contributed by atoms with Crippen molar-refractivity contribution in [2.45, 2.75) is 145 Å². The van der Waals surface area contributed by atoms with Gasteiger partial charge in [-0.05, 0) is 143 Å². The van der Waals surface area contributed by atoms with Gasteiger partial charge in [0.2, 0.25) is 0 Å². The summed E-state index contributed by atoms with van der Waals surface area (Å²) in [4.78, 5) is 14.4. The second-order valence-electron chi connectivity index (χ2n) is 18.3. The highest BCUT2D eigenvalue weighted by atomic mass is 16.3. The van der Waals surface area contributed by atoms with Crippen LogP contribution in [0, 0.1) is 69.5 Å². The number of aliphatic hydroxyl groups is 3. The van der Waals surface area contributed by atoms with Crippen molar-refractivity contribution in [2.24, 2.45) is 69.5 Å². The van der Waals surface area contributed by atoms with Crippen molar-refractivity contribution in [1.29, 1.82) is 0 Å². The molecule has 45 heavy (non-hydrogen) atoms. The Bertz CT molecular complexity index is 1220. The van der Waals surface area contributed by atoms with Gasteiger partial charge in [0.1, 0.15) is 0 Å². The quantitative estimate of drug-likeness (QED) is 0.248. The van der Waals surface area contributed by atoms with Crippen molar-refractivity contribution >= 4 is 5.78 Å². The summed E-state index contributed by atoms with van der Waals surface area (Å²) in [5, 5.41) is 33.4. The van der Waals surface area contributed by atoms with Crippen LogP contribution in [0.15, 0.2) is 34.9 Å². The molecule has 0 radical (unpaired) electrons. The first-order chi connectivity index (χ1) is 20.9. The summed E-state index contributed by atoms with van der Waals surface area (Å²) < 4.78 is 0. The lowest BCUT2D eigenvalue weighted by Crippen LogP contribution is -2.68. The Morgan fingerprint density at radius 3 is 2.33 bits per heavy atom. The molecule has 3 fully saturated rings. The number of hydrogen-bond donors (Lipinski definition) is 3. The van der Waals surface area contributed by atoms with Gasteiger partial charge in [-0.15, -0.1) is 0 Å². The minimum absolute atomic E-state index is 0.0234. The Kier molecular flexibility index (Phi) is 9.62. The lowest BCUT2D eigenvalue weighted by molar-refractivity contribution is -0.228. The van der Waals surface area contributed by atoms with E-state index >= 15 is 0 Å². The van der Waals surface area contributed by atoms with Gasteiger partial charge in [0.25, 0.3) is 0 Å². The van der Waals surface area contributed by atoms with E-state index in [4.69, 9.17) is 0 Å². The predicted octanol–water partition coefficient (Wildman–Crippen LogP) is 8.70. The van der Waals surface area contributed by atoms with Crippen LogP contribution >= 0.6 is 0 Å². The van der Waals surface area contributed by atoms with Gasteiger partial charge in [-0.25, -0.2) is 0 Å². The standard InChI is InChI=1S/C41H66O4/c1-22(2)32-18-31(17-23(3)16-29-12-14-30(15-13-29)27(7)42)25(5)35-33(32)20-39(9)21-40(10)19-24(4)34(28(8)43)38(45)41(40,11)26(6)36(39)37(35)44/h12,22,25-28,30-33,35-37,42-44H,3,13-21H2,1-2,4-11H3. The number of carbonyl (C=O) groups excluding carboxylic acids is 1. The molecule has 3 saturated carbocycles. The number of allylic oxidation sites excluding steroid dienone is 4. The fraction of sp³-hybridized carbons (Fsp3) is 0.829. The number of carbonyl (C=O) groups is 1. The second-order valence-corrected chi connectivity index (χ2v) is 18.3. The second kappa shape index (κ2) is 12.3. The van der Waals surface area contributed by atoms with E-state index < -0.39 is 17.6 Å². The summed E-state index contributed by atoms with van der Waals surface area (Å²) in [5.41, 5.74) is 3.64. The predicted molar refractivity (Wildman–Crippen MR) is 184 cm³/mol. The first-order valence-electron chi connectivity index (χ1n) is 18.5. The van der Waals surface area contributed by atoms with E-state index in [-0.39, 0.29) is 40.5 Å². The van der Waals surface area contributed by atoms with Gasteiger partial charge in [0.05, 0.1) is 18.3 Å². The van der Waals surface area contributed by atoms with E-state index in [1.54, 1.807) is 6.92 Å². The molecule has 0 aromatic heterocycles. The lowest BCUT2D eigenvalue weighted by atomic mass is 9.35. The highest BCUT2D eigenvalue weighted by molar-refractivity contribution is 6.03. The van der Waals surface area contributed by atoms with Crippen LogP contribution < -0.4 is 0 Å². The van der Waals surface area contributed by atoms with Crippen LogP contribution in [0.1, 0.15) is 127 Å². The molecule has 5 rings (SSSR count). The van der Waals surface area contributed by atoms with E-state index in [1.165, 1.54) is 17.6 Å². The summed E-state index contributed by atoms with van der Waals surface area (Å²) in [6.45, 7) is 26.7. The summed E-state index contributed by atoms with van der Waals surface area (Å²) in [6.07, 6.45) is 10.1. The van der Waals surface area contributed by atoms with Crippen LogP contribution in [0.3, 0.4) is 0 Å². The van der Waals surface area contributed by atoms with Gasteiger partial charge < -0.3 is 15.3 Å². The number of rotatable bonds is 7. The zero-order valence-corrected chi connectivity index (χ0v) is 30.3. The number of Topliss-reactive ketones (excluding diaryl/α,β-unsaturated/α-hetero) is 1. The molecule has 254 valence electrons. The molecule has 0 aliphatic heterocycles. The Morgan fingerprint density at radius 2 is 1.78 bits per heavy atom. The molecular weight excluding hydrogens is 556 g/mol. The number of fused-ring (bicyclic) bond motifs is 3. The molecule has 0 saturated heterocycles. The van der Waals surface area contributed by atoms with Gasteiger partial charge in [-0.3, -0.25) is 4.79 Å². The van der Waals surface area contributed by atoms with Gasteiger partial charge >= 0.3 is 0 Å². The van der Waals surface area contributed by atoms with Crippen molar-refractivity contribution in [3.63, 3.8) is 0 Å². The van der Waals surface area contributed by atoms with Crippen LogP contribution in [-0.4, -0.2) is 39.4 Å². The van der Waals surface area contributed by atoms with E-state index in [2.05, 4.69) is 68.0 Å². The lowest BCUT2D eigenvalue weighted by Gasteiger charge is -2.69. The summed E-state index contributed by atoms with van der Waals surface area (Å²) >= 11 is 0. The van der Waals surface area contributed by atoms with Crippen molar-refractivity contribution in [1.82, 2.24) is 0 Å². The average Bonchev–Trinajstić information content (AvgIpc) is 2.91.